The zero-order chi connectivity index (χ0) is 20.3. The van der Waals surface area contributed by atoms with E-state index in [1.165, 1.54) is 12.1 Å². The number of piperidine rings is 1. The summed E-state index contributed by atoms with van der Waals surface area (Å²) in [5.74, 6) is 1.18. The molecule has 1 saturated heterocycles. The Morgan fingerprint density at radius 2 is 2.14 bits per heavy atom. The highest BCUT2D eigenvalue weighted by atomic mass is 32.2. The molecular weight excluding hydrogens is 380 g/mol. The fourth-order valence-electron chi connectivity index (χ4n) is 3.99. The molecule has 0 unspecified atom stereocenters. The van der Waals surface area contributed by atoms with Crippen molar-refractivity contribution >= 4 is 15.7 Å². The van der Waals surface area contributed by atoms with Crippen molar-refractivity contribution in [3.05, 3.63) is 41.6 Å². The number of aromatic nitrogens is 1. The van der Waals surface area contributed by atoms with Crippen molar-refractivity contribution < 1.29 is 22.4 Å². The molecule has 2 heterocycles. The third-order valence-electron chi connectivity index (χ3n) is 5.45. The highest BCUT2D eigenvalue weighted by Gasteiger charge is 2.65. The molecule has 8 heteroatoms. The Morgan fingerprint density at radius 3 is 2.75 bits per heavy atom. The summed E-state index contributed by atoms with van der Waals surface area (Å²) >= 11 is 0. The van der Waals surface area contributed by atoms with Gasteiger partial charge < -0.3 is 14.1 Å². The first-order valence-electron chi connectivity index (χ1n) is 9.33. The van der Waals surface area contributed by atoms with Crippen LogP contribution in [0.1, 0.15) is 42.2 Å². The van der Waals surface area contributed by atoms with Gasteiger partial charge in [0.1, 0.15) is 12.0 Å². The molecule has 1 aliphatic heterocycles. The van der Waals surface area contributed by atoms with Gasteiger partial charge in [-0.15, -0.1) is 0 Å². The maximum absolute atomic E-state index is 13.3. The summed E-state index contributed by atoms with van der Waals surface area (Å²) in [6.07, 6.45) is 3.58. The van der Waals surface area contributed by atoms with Crippen LogP contribution < -0.4 is 4.74 Å². The number of likely N-dealkylation sites (tertiary alicyclic amines) is 1. The largest absolute Gasteiger partial charge is 0.490 e. The first-order chi connectivity index (χ1) is 13.1. The van der Waals surface area contributed by atoms with Gasteiger partial charge in [0, 0.05) is 19.3 Å². The molecule has 28 heavy (non-hydrogen) atoms. The van der Waals surface area contributed by atoms with Crippen molar-refractivity contribution in [3.63, 3.8) is 0 Å². The number of benzene rings is 1. The van der Waals surface area contributed by atoms with Crippen LogP contribution in [0.2, 0.25) is 0 Å². The van der Waals surface area contributed by atoms with Crippen molar-refractivity contribution in [1.29, 1.82) is 0 Å². The maximum Gasteiger partial charge on any atom is 0.257 e. The molecule has 7 nitrogen and oxygen atoms in total. The minimum Gasteiger partial charge on any atom is -0.490 e. The Morgan fingerprint density at radius 1 is 1.39 bits per heavy atom. The van der Waals surface area contributed by atoms with Crippen LogP contribution in [0.5, 0.6) is 5.75 Å². The van der Waals surface area contributed by atoms with Crippen molar-refractivity contribution in [3.8, 4) is 5.75 Å². The third kappa shape index (κ3) is 3.19. The predicted molar refractivity (Wildman–Crippen MR) is 102 cm³/mol. The molecule has 0 bridgehead atoms. The van der Waals surface area contributed by atoms with E-state index in [0.29, 0.717) is 30.6 Å². The zero-order valence-electron chi connectivity index (χ0n) is 16.4. The van der Waals surface area contributed by atoms with Gasteiger partial charge in [-0.1, -0.05) is 0 Å². The predicted octanol–water partition coefficient (Wildman–Crippen LogP) is 2.59. The number of hydrogen-bond acceptors (Lipinski definition) is 6. The van der Waals surface area contributed by atoms with Crippen LogP contribution in [0, 0.1) is 12.8 Å². The second kappa shape index (κ2) is 6.34. The highest BCUT2D eigenvalue weighted by Crippen LogP contribution is 2.58. The van der Waals surface area contributed by atoms with Crippen molar-refractivity contribution in [2.24, 2.45) is 5.92 Å². The molecule has 4 rings (SSSR count). The lowest BCUT2D eigenvalue weighted by Crippen LogP contribution is -2.33. The fraction of sp³-hybridized carbons (Fsp3) is 0.500. The SMILES string of the molecule is Cc1coc([C@@]23C[C@@H]2CN(C(=O)c2cc(S(C)(=O)=O)ccc2OC(C)C)C3)n1. The molecule has 0 radical (unpaired) electrons. The Kier molecular flexibility index (Phi) is 4.30. The minimum atomic E-state index is -3.43. The summed E-state index contributed by atoms with van der Waals surface area (Å²) in [5, 5.41) is 0. The van der Waals surface area contributed by atoms with Gasteiger partial charge in [-0.3, -0.25) is 4.79 Å². The molecule has 1 aliphatic carbocycles. The number of hydrogen-bond donors (Lipinski definition) is 0. The Bertz CT molecular complexity index is 1040. The number of carbonyl (C=O) groups excluding carboxylic acids is 1. The molecule has 1 aromatic heterocycles. The van der Waals surface area contributed by atoms with E-state index in [-0.39, 0.29) is 27.9 Å². The molecule has 0 spiro atoms. The number of rotatable bonds is 5. The van der Waals surface area contributed by atoms with E-state index in [2.05, 4.69) is 4.98 Å². The zero-order valence-corrected chi connectivity index (χ0v) is 17.2. The molecule has 2 aliphatic rings. The number of amides is 1. The molecular formula is C20H24N2O5S. The Balaban J connectivity index is 1.64. The van der Waals surface area contributed by atoms with Crippen molar-refractivity contribution in [1.82, 2.24) is 9.88 Å². The standard InChI is InChI=1S/C20H24N2O5S/c1-12(2)27-17-6-5-15(28(4,24)25)7-16(17)18(23)22-9-14-8-20(14,11-22)19-21-13(3)10-26-19/h5-7,10,12,14H,8-9,11H2,1-4H3/t14-,20-/m1/s1. The number of aryl methyl sites for hydroxylation is 1. The molecule has 0 N–H and O–H groups in total. The Labute approximate surface area is 164 Å². The normalized spacial score (nSPS) is 23.8. The second-order valence-electron chi connectivity index (χ2n) is 8.13. The van der Waals surface area contributed by atoms with Gasteiger partial charge in [0.2, 0.25) is 5.89 Å². The minimum absolute atomic E-state index is 0.106. The van der Waals surface area contributed by atoms with Gasteiger partial charge in [0.25, 0.3) is 5.91 Å². The van der Waals surface area contributed by atoms with Gasteiger partial charge in [0.05, 0.1) is 27.7 Å². The van der Waals surface area contributed by atoms with E-state index in [1.807, 2.05) is 20.8 Å². The Hall–Kier alpha value is -2.35. The summed E-state index contributed by atoms with van der Waals surface area (Å²) in [5.41, 5.74) is 0.891. The molecule has 1 aromatic carbocycles. The maximum atomic E-state index is 13.3. The van der Waals surface area contributed by atoms with E-state index in [1.54, 1.807) is 17.2 Å². The molecule has 1 saturated carbocycles. The van der Waals surface area contributed by atoms with E-state index in [9.17, 15) is 13.2 Å². The molecule has 2 aromatic rings. The number of ether oxygens (including phenoxy) is 1. The van der Waals surface area contributed by atoms with Crippen LogP contribution in [-0.2, 0) is 15.3 Å². The summed E-state index contributed by atoms with van der Waals surface area (Å²) in [7, 11) is -3.43. The van der Waals surface area contributed by atoms with Crippen LogP contribution >= 0.6 is 0 Å². The fourth-order valence-corrected chi connectivity index (χ4v) is 4.63. The lowest BCUT2D eigenvalue weighted by molar-refractivity contribution is 0.0763. The van der Waals surface area contributed by atoms with Crippen molar-refractivity contribution in [2.75, 3.05) is 19.3 Å². The summed E-state index contributed by atoms with van der Waals surface area (Å²) in [6.45, 7) is 6.73. The monoisotopic (exact) mass is 404 g/mol. The van der Waals surface area contributed by atoms with Gasteiger partial charge >= 0.3 is 0 Å². The lowest BCUT2D eigenvalue weighted by Gasteiger charge is -2.22. The first-order valence-corrected chi connectivity index (χ1v) is 11.2. The quantitative estimate of drug-likeness (QED) is 0.761. The van der Waals surface area contributed by atoms with E-state index in [4.69, 9.17) is 9.15 Å². The van der Waals surface area contributed by atoms with Gasteiger partial charge in [0.15, 0.2) is 9.84 Å². The average molecular weight is 404 g/mol. The number of nitrogens with zero attached hydrogens (tertiary/aromatic N) is 2. The van der Waals surface area contributed by atoms with Crippen LogP contribution in [0.15, 0.2) is 33.8 Å². The number of oxazole rings is 1. The molecule has 2 fully saturated rings. The van der Waals surface area contributed by atoms with Crippen LogP contribution in [0.4, 0.5) is 0 Å². The molecule has 150 valence electrons. The van der Waals surface area contributed by atoms with Gasteiger partial charge in [-0.2, -0.15) is 0 Å². The highest BCUT2D eigenvalue weighted by molar-refractivity contribution is 7.90. The van der Waals surface area contributed by atoms with Crippen LogP contribution in [0.25, 0.3) is 0 Å². The van der Waals surface area contributed by atoms with Gasteiger partial charge in [-0.05, 0) is 51.3 Å². The number of carbonyl (C=O) groups is 1. The third-order valence-corrected chi connectivity index (χ3v) is 6.56. The van der Waals surface area contributed by atoms with Gasteiger partial charge in [-0.25, -0.2) is 13.4 Å². The van der Waals surface area contributed by atoms with E-state index in [0.717, 1.165) is 18.4 Å². The lowest BCUT2D eigenvalue weighted by atomic mass is 10.1. The van der Waals surface area contributed by atoms with Crippen molar-refractivity contribution in [2.45, 2.75) is 43.6 Å². The topological polar surface area (TPSA) is 89.7 Å². The number of sulfone groups is 1. The molecule has 1 amide bonds. The summed E-state index contributed by atoms with van der Waals surface area (Å²) in [4.78, 5) is 19.6. The first kappa shape index (κ1) is 19.0. The van der Waals surface area contributed by atoms with E-state index < -0.39 is 9.84 Å². The second-order valence-corrected chi connectivity index (χ2v) is 10.1. The summed E-state index contributed by atoms with van der Waals surface area (Å²) < 4.78 is 35.3. The van der Waals surface area contributed by atoms with Crippen LogP contribution in [0.3, 0.4) is 0 Å². The number of fused-ring (bicyclic) bond motifs is 1. The summed E-state index contributed by atoms with van der Waals surface area (Å²) in [6, 6.07) is 4.46. The van der Waals surface area contributed by atoms with Crippen LogP contribution in [-0.4, -0.2) is 49.7 Å². The van der Waals surface area contributed by atoms with E-state index >= 15 is 0 Å². The molecule has 2 atom stereocenters. The smallest absolute Gasteiger partial charge is 0.257 e. The average Bonchev–Trinajstić information content (AvgIpc) is 2.95.